The van der Waals surface area contributed by atoms with Gasteiger partial charge in [0, 0.05) is 43.2 Å². The Kier molecular flexibility index (Phi) is 6.21. The van der Waals surface area contributed by atoms with Crippen LogP contribution >= 0.6 is 11.3 Å². The number of piperidine rings is 2. The van der Waals surface area contributed by atoms with E-state index in [0.717, 1.165) is 35.7 Å². The smallest absolute Gasteiger partial charge is 0.141 e. The lowest BCUT2D eigenvalue weighted by Crippen LogP contribution is -2.47. The maximum Gasteiger partial charge on any atom is 0.141 e. The summed E-state index contributed by atoms with van der Waals surface area (Å²) < 4.78 is 0. The molecule has 5 rings (SSSR count). The minimum atomic E-state index is 0.721. The highest BCUT2D eigenvalue weighted by molar-refractivity contribution is 7.17. The second-order valence-electron chi connectivity index (χ2n) is 9.34. The van der Waals surface area contributed by atoms with Crippen LogP contribution in [0.1, 0.15) is 25.7 Å². The minimum Gasteiger partial charge on any atom is -0.356 e. The first kappa shape index (κ1) is 20.9. The van der Waals surface area contributed by atoms with E-state index in [1.165, 1.54) is 61.8 Å². The van der Waals surface area contributed by atoms with Crippen molar-refractivity contribution < 1.29 is 0 Å². The van der Waals surface area contributed by atoms with Gasteiger partial charge in [-0.3, -0.25) is 0 Å². The molecular weight excluding hydrogens is 402 g/mol. The lowest BCUT2D eigenvalue weighted by Gasteiger charge is -2.40. The number of nitrogens with zero attached hydrogens (tertiary/aromatic N) is 5. The standard InChI is InChI=1S/C25H33N5S/c1-28(2)21-9-6-12-29(16-21)15-19-10-13-30(14-11-19)24-23-22(20-7-4-3-5-8-20)17-31-25(23)27-18-26-24/h3-5,7-8,17-19,21H,6,9-16H2,1-2H3/t21-/m1/s1. The van der Waals surface area contributed by atoms with Crippen LogP contribution in [0.15, 0.2) is 42.0 Å². The number of fused-ring (bicyclic) bond motifs is 1. The van der Waals surface area contributed by atoms with Crippen molar-refractivity contribution in [2.45, 2.75) is 31.7 Å². The van der Waals surface area contributed by atoms with Gasteiger partial charge in [-0.2, -0.15) is 0 Å². The monoisotopic (exact) mass is 435 g/mol. The SMILES string of the molecule is CN(C)[C@@H]1CCCN(CC2CCN(c3ncnc4scc(-c5ccccc5)c34)CC2)C1. The van der Waals surface area contributed by atoms with Gasteiger partial charge in [-0.1, -0.05) is 30.3 Å². The average Bonchev–Trinajstić information content (AvgIpc) is 3.25. The van der Waals surface area contributed by atoms with Crippen molar-refractivity contribution in [1.82, 2.24) is 19.8 Å². The molecule has 5 nitrogen and oxygen atoms in total. The van der Waals surface area contributed by atoms with Crippen molar-refractivity contribution >= 4 is 27.4 Å². The molecule has 164 valence electrons. The van der Waals surface area contributed by atoms with Gasteiger partial charge in [0.15, 0.2) is 0 Å². The van der Waals surface area contributed by atoms with Crippen molar-refractivity contribution in [3.05, 3.63) is 42.0 Å². The molecule has 6 heteroatoms. The number of hydrogen-bond donors (Lipinski definition) is 0. The Hall–Kier alpha value is -2.02. The number of likely N-dealkylation sites (tertiary alicyclic amines) is 1. The molecule has 0 radical (unpaired) electrons. The lowest BCUT2D eigenvalue weighted by atomic mass is 9.94. The molecule has 1 atom stereocenters. The molecule has 31 heavy (non-hydrogen) atoms. The molecule has 0 spiro atoms. The van der Waals surface area contributed by atoms with Crippen LogP contribution in [0.2, 0.25) is 0 Å². The lowest BCUT2D eigenvalue weighted by molar-refractivity contribution is 0.113. The van der Waals surface area contributed by atoms with Gasteiger partial charge in [0.1, 0.15) is 17.0 Å². The Labute approximate surface area is 189 Å². The van der Waals surface area contributed by atoms with Crippen LogP contribution in [0.25, 0.3) is 21.3 Å². The van der Waals surface area contributed by atoms with Crippen molar-refractivity contribution in [3.8, 4) is 11.1 Å². The normalized spacial score (nSPS) is 21.3. The molecule has 2 aromatic heterocycles. The molecule has 2 aliphatic heterocycles. The third kappa shape index (κ3) is 4.47. The van der Waals surface area contributed by atoms with Crippen LogP contribution in [-0.2, 0) is 0 Å². The van der Waals surface area contributed by atoms with Crippen LogP contribution in [0, 0.1) is 5.92 Å². The van der Waals surface area contributed by atoms with Crippen molar-refractivity contribution in [3.63, 3.8) is 0 Å². The molecule has 0 bridgehead atoms. The summed E-state index contributed by atoms with van der Waals surface area (Å²) in [5, 5.41) is 3.46. The van der Waals surface area contributed by atoms with Crippen molar-refractivity contribution in [2.75, 3.05) is 51.7 Å². The maximum atomic E-state index is 4.76. The topological polar surface area (TPSA) is 35.5 Å². The van der Waals surface area contributed by atoms with E-state index in [9.17, 15) is 0 Å². The van der Waals surface area contributed by atoms with E-state index in [2.05, 4.69) is 69.5 Å². The quantitative estimate of drug-likeness (QED) is 0.585. The van der Waals surface area contributed by atoms with Crippen LogP contribution in [0.4, 0.5) is 5.82 Å². The summed E-state index contributed by atoms with van der Waals surface area (Å²) in [5.41, 5.74) is 2.52. The molecule has 2 aliphatic rings. The van der Waals surface area contributed by atoms with Crippen LogP contribution < -0.4 is 4.90 Å². The molecule has 2 saturated heterocycles. The Bertz CT molecular complexity index is 994. The first-order valence-corrected chi connectivity index (χ1v) is 12.5. The molecule has 3 aromatic rings. The highest BCUT2D eigenvalue weighted by Crippen LogP contribution is 2.38. The van der Waals surface area contributed by atoms with E-state index >= 15 is 0 Å². The van der Waals surface area contributed by atoms with Crippen molar-refractivity contribution in [2.24, 2.45) is 5.92 Å². The van der Waals surface area contributed by atoms with Crippen molar-refractivity contribution in [1.29, 1.82) is 0 Å². The van der Waals surface area contributed by atoms with E-state index < -0.39 is 0 Å². The van der Waals surface area contributed by atoms with Gasteiger partial charge in [0.2, 0.25) is 0 Å². The number of aromatic nitrogens is 2. The molecular formula is C25H33N5S. The Morgan fingerprint density at radius 1 is 1.03 bits per heavy atom. The zero-order valence-corrected chi connectivity index (χ0v) is 19.5. The van der Waals surface area contributed by atoms with E-state index in [1.54, 1.807) is 17.7 Å². The number of benzene rings is 1. The summed E-state index contributed by atoms with van der Waals surface area (Å²) in [6, 6.07) is 11.4. The summed E-state index contributed by atoms with van der Waals surface area (Å²) >= 11 is 1.72. The van der Waals surface area contributed by atoms with E-state index in [-0.39, 0.29) is 0 Å². The summed E-state index contributed by atoms with van der Waals surface area (Å²) in [7, 11) is 4.45. The number of anilines is 1. The van der Waals surface area contributed by atoms with Crippen LogP contribution in [-0.4, -0.2) is 72.6 Å². The second-order valence-corrected chi connectivity index (χ2v) is 10.2. The fourth-order valence-corrected chi connectivity index (χ4v) is 6.15. The predicted molar refractivity (Wildman–Crippen MR) is 131 cm³/mol. The number of hydrogen-bond acceptors (Lipinski definition) is 6. The first-order valence-electron chi connectivity index (χ1n) is 11.6. The van der Waals surface area contributed by atoms with E-state index in [4.69, 9.17) is 4.98 Å². The highest BCUT2D eigenvalue weighted by Gasteiger charge is 2.27. The highest BCUT2D eigenvalue weighted by atomic mass is 32.1. The van der Waals surface area contributed by atoms with Gasteiger partial charge < -0.3 is 14.7 Å². The maximum absolute atomic E-state index is 4.76. The van der Waals surface area contributed by atoms with Gasteiger partial charge >= 0.3 is 0 Å². The van der Waals surface area contributed by atoms with Crippen LogP contribution in [0.3, 0.4) is 0 Å². The molecule has 0 saturated carbocycles. The minimum absolute atomic E-state index is 0.721. The van der Waals surface area contributed by atoms with Gasteiger partial charge in [-0.15, -0.1) is 11.3 Å². The van der Waals surface area contributed by atoms with Gasteiger partial charge in [-0.25, -0.2) is 9.97 Å². The molecule has 2 fully saturated rings. The molecule has 4 heterocycles. The first-order chi connectivity index (χ1) is 15.2. The van der Waals surface area contributed by atoms with E-state index in [1.807, 2.05) is 0 Å². The third-order valence-corrected chi connectivity index (χ3v) is 7.96. The summed E-state index contributed by atoms with van der Waals surface area (Å²) in [5.74, 6) is 1.92. The second kappa shape index (κ2) is 9.23. The number of rotatable bonds is 5. The third-order valence-electron chi connectivity index (χ3n) is 7.08. The molecule has 0 aliphatic carbocycles. The zero-order valence-electron chi connectivity index (χ0n) is 18.7. The molecule has 0 N–H and O–H groups in total. The number of likely N-dealkylation sites (N-methyl/N-ethyl adjacent to an activating group) is 1. The summed E-state index contributed by atoms with van der Waals surface area (Å²) in [4.78, 5) is 18.0. The van der Waals surface area contributed by atoms with Gasteiger partial charge in [0.05, 0.1) is 5.39 Å². The van der Waals surface area contributed by atoms with Crippen LogP contribution in [0.5, 0.6) is 0 Å². The zero-order chi connectivity index (χ0) is 21.2. The van der Waals surface area contributed by atoms with E-state index in [0.29, 0.717) is 0 Å². The fourth-order valence-electron chi connectivity index (χ4n) is 5.24. The Morgan fingerprint density at radius 2 is 1.84 bits per heavy atom. The summed E-state index contributed by atoms with van der Waals surface area (Å²) in [6.07, 6.45) is 6.92. The predicted octanol–water partition coefficient (Wildman–Crippen LogP) is 4.60. The van der Waals surface area contributed by atoms with Gasteiger partial charge in [-0.05, 0) is 57.8 Å². The summed E-state index contributed by atoms with van der Waals surface area (Å²) in [6.45, 7) is 5.93. The Balaban J connectivity index is 1.28. The largest absolute Gasteiger partial charge is 0.356 e. The molecule has 0 unspecified atom stereocenters. The molecule has 1 aromatic carbocycles. The molecule has 0 amide bonds. The van der Waals surface area contributed by atoms with Gasteiger partial charge in [0.25, 0.3) is 0 Å². The average molecular weight is 436 g/mol. The Morgan fingerprint density at radius 3 is 2.61 bits per heavy atom. The fraction of sp³-hybridized carbons (Fsp3) is 0.520. The number of thiophene rings is 1.